The smallest absolute Gasteiger partial charge is 0.185 e. The Labute approximate surface area is 135 Å². The lowest BCUT2D eigenvalue weighted by Gasteiger charge is -2.36. The summed E-state index contributed by atoms with van der Waals surface area (Å²) in [6.45, 7) is 5.30. The topological polar surface area (TPSA) is 53.5 Å². The minimum absolute atomic E-state index is 0.411. The Morgan fingerprint density at radius 3 is 2.32 bits per heavy atom. The second kappa shape index (κ2) is 5.89. The highest BCUT2D eigenvalue weighted by molar-refractivity contribution is 7.90. The molecule has 1 saturated heterocycles. The van der Waals surface area contributed by atoms with Crippen molar-refractivity contribution < 1.29 is 8.42 Å². The molecule has 1 aromatic carbocycles. The Kier molecular flexibility index (Phi) is 4.10. The van der Waals surface area contributed by atoms with E-state index in [4.69, 9.17) is 0 Å². The summed E-state index contributed by atoms with van der Waals surface area (Å²) in [5.41, 5.74) is 1.85. The third-order valence-corrected chi connectivity index (χ3v) is 5.93. The molecule has 0 bridgehead atoms. The molecule has 1 aromatic heterocycles. The molecule has 0 saturated carbocycles. The van der Waals surface area contributed by atoms with E-state index < -0.39 is 9.84 Å². The maximum absolute atomic E-state index is 11.9. The molecule has 118 valence electrons. The predicted molar refractivity (Wildman–Crippen MR) is 90.8 cm³/mol. The fourth-order valence-electron chi connectivity index (χ4n) is 2.66. The summed E-state index contributed by atoms with van der Waals surface area (Å²) in [5.74, 6) is 0. The van der Waals surface area contributed by atoms with Gasteiger partial charge in [-0.1, -0.05) is 12.1 Å². The average Bonchev–Trinajstić information content (AvgIpc) is 2.93. The van der Waals surface area contributed by atoms with Crippen LogP contribution in [-0.4, -0.2) is 45.8 Å². The van der Waals surface area contributed by atoms with Crippen molar-refractivity contribution in [1.82, 2.24) is 4.98 Å². The summed E-state index contributed by atoms with van der Waals surface area (Å²) in [5, 5.41) is 3.11. The second-order valence-electron chi connectivity index (χ2n) is 5.49. The SMILES string of the molecule is Cc1csc(N2CCN(c3ccccc3S(C)(=O)=O)CC2)n1. The number of para-hydroxylation sites is 1. The lowest BCUT2D eigenvalue weighted by atomic mass is 10.2. The minimum atomic E-state index is -3.21. The standard InChI is InChI=1S/C15H19N3O2S2/c1-12-11-21-15(16-12)18-9-7-17(8-10-18)13-5-3-4-6-14(13)22(2,19)20/h3-6,11H,7-10H2,1-2H3. The number of piperazine rings is 1. The zero-order chi connectivity index (χ0) is 15.7. The summed E-state index contributed by atoms with van der Waals surface area (Å²) in [7, 11) is -3.21. The zero-order valence-electron chi connectivity index (χ0n) is 12.7. The van der Waals surface area contributed by atoms with Gasteiger partial charge in [0, 0.05) is 37.8 Å². The van der Waals surface area contributed by atoms with Crippen molar-refractivity contribution >= 4 is 32.0 Å². The van der Waals surface area contributed by atoms with Crippen molar-refractivity contribution in [3.05, 3.63) is 35.3 Å². The van der Waals surface area contributed by atoms with Crippen molar-refractivity contribution in [1.29, 1.82) is 0 Å². The molecule has 0 atom stereocenters. The zero-order valence-corrected chi connectivity index (χ0v) is 14.3. The Hall–Kier alpha value is -1.60. The van der Waals surface area contributed by atoms with Crippen molar-refractivity contribution in [3.63, 3.8) is 0 Å². The van der Waals surface area contributed by atoms with E-state index in [9.17, 15) is 8.42 Å². The molecule has 7 heteroatoms. The van der Waals surface area contributed by atoms with Crippen LogP contribution in [0, 0.1) is 6.92 Å². The van der Waals surface area contributed by atoms with E-state index in [1.165, 1.54) is 6.26 Å². The highest BCUT2D eigenvalue weighted by atomic mass is 32.2. The minimum Gasteiger partial charge on any atom is -0.367 e. The average molecular weight is 337 g/mol. The number of benzene rings is 1. The molecule has 1 fully saturated rings. The third-order valence-electron chi connectivity index (χ3n) is 3.76. The fourth-order valence-corrected chi connectivity index (χ4v) is 4.42. The molecular formula is C15H19N3O2S2. The molecule has 1 aliphatic rings. The molecular weight excluding hydrogens is 318 g/mol. The number of aromatic nitrogens is 1. The van der Waals surface area contributed by atoms with E-state index in [1.54, 1.807) is 23.5 Å². The first-order valence-corrected chi connectivity index (χ1v) is 9.93. The summed E-state index contributed by atoms with van der Waals surface area (Å²) in [6.07, 6.45) is 1.26. The molecule has 0 unspecified atom stereocenters. The first-order chi connectivity index (χ1) is 10.4. The van der Waals surface area contributed by atoms with Crippen LogP contribution >= 0.6 is 11.3 Å². The van der Waals surface area contributed by atoms with E-state index in [-0.39, 0.29) is 0 Å². The lowest BCUT2D eigenvalue weighted by molar-refractivity contribution is 0.599. The second-order valence-corrected chi connectivity index (χ2v) is 8.31. The molecule has 1 aliphatic heterocycles. The molecule has 2 heterocycles. The van der Waals surface area contributed by atoms with E-state index >= 15 is 0 Å². The summed E-state index contributed by atoms with van der Waals surface area (Å²) in [4.78, 5) is 9.34. The largest absolute Gasteiger partial charge is 0.367 e. The normalized spacial score (nSPS) is 16.1. The van der Waals surface area contributed by atoms with Gasteiger partial charge in [0.2, 0.25) is 0 Å². The summed E-state index contributed by atoms with van der Waals surface area (Å²) >= 11 is 1.66. The number of aryl methyl sites for hydroxylation is 1. The van der Waals surface area contributed by atoms with Crippen LogP contribution in [0.15, 0.2) is 34.5 Å². The number of rotatable bonds is 3. The molecule has 22 heavy (non-hydrogen) atoms. The van der Waals surface area contributed by atoms with Crippen LogP contribution < -0.4 is 9.80 Å². The van der Waals surface area contributed by atoms with Crippen molar-refractivity contribution in [2.45, 2.75) is 11.8 Å². The number of nitrogens with zero attached hydrogens (tertiary/aromatic N) is 3. The number of sulfone groups is 1. The van der Waals surface area contributed by atoms with Gasteiger partial charge < -0.3 is 9.80 Å². The molecule has 0 N–H and O–H groups in total. The number of hydrogen-bond acceptors (Lipinski definition) is 6. The highest BCUT2D eigenvalue weighted by Gasteiger charge is 2.23. The van der Waals surface area contributed by atoms with Gasteiger partial charge >= 0.3 is 0 Å². The lowest BCUT2D eigenvalue weighted by Crippen LogP contribution is -2.46. The van der Waals surface area contributed by atoms with Crippen LogP contribution in [0.5, 0.6) is 0 Å². The van der Waals surface area contributed by atoms with Crippen molar-refractivity contribution in [2.75, 3.05) is 42.2 Å². The van der Waals surface area contributed by atoms with Crippen LogP contribution in [0.4, 0.5) is 10.8 Å². The highest BCUT2D eigenvalue weighted by Crippen LogP contribution is 2.28. The first kappa shape index (κ1) is 15.3. The first-order valence-electron chi connectivity index (χ1n) is 7.16. The summed E-state index contributed by atoms with van der Waals surface area (Å²) in [6, 6.07) is 7.23. The quantitative estimate of drug-likeness (QED) is 0.859. The summed E-state index contributed by atoms with van der Waals surface area (Å²) < 4.78 is 23.9. The van der Waals surface area contributed by atoms with Crippen molar-refractivity contribution in [3.8, 4) is 0 Å². The number of anilines is 2. The maximum Gasteiger partial charge on any atom is 0.185 e. The molecule has 3 rings (SSSR count). The van der Waals surface area contributed by atoms with E-state index in [0.29, 0.717) is 4.90 Å². The van der Waals surface area contributed by atoms with Gasteiger partial charge in [0.1, 0.15) is 0 Å². The molecule has 2 aromatic rings. The van der Waals surface area contributed by atoms with Gasteiger partial charge in [-0.15, -0.1) is 11.3 Å². The molecule has 0 spiro atoms. The van der Waals surface area contributed by atoms with Gasteiger partial charge in [0.15, 0.2) is 15.0 Å². The third kappa shape index (κ3) is 3.10. The fraction of sp³-hybridized carbons (Fsp3) is 0.400. The van der Waals surface area contributed by atoms with Crippen LogP contribution in [0.25, 0.3) is 0 Å². The van der Waals surface area contributed by atoms with E-state index in [0.717, 1.165) is 42.7 Å². The monoisotopic (exact) mass is 337 g/mol. The van der Waals surface area contributed by atoms with Gasteiger partial charge in [-0.05, 0) is 19.1 Å². The van der Waals surface area contributed by atoms with Gasteiger partial charge in [-0.2, -0.15) is 0 Å². The number of hydrogen-bond donors (Lipinski definition) is 0. The van der Waals surface area contributed by atoms with E-state index in [1.807, 2.05) is 19.1 Å². The van der Waals surface area contributed by atoms with Crippen LogP contribution in [0.3, 0.4) is 0 Å². The van der Waals surface area contributed by atoms with Crippen LogP contribution in [0.2, 0.25) is 0 Å². The van der Waals surface area contributed by atoms with Gasteiger partial charge in [-0.25, -0.2) is 13.4 Å². The van der Waals surface area contributed by atoms with Gasteiger partial charge in [-0.3, -0.25) is 0 Å². The molecule has 5 nitrogen and oxygen atoms in total. The Morgan fingerprint density at radius 1 is 1.09 bits per heavy atom. The van der Waals surface area contributed by atoms with Gasteiger partial charge in [0.25, 0.3) is 0 Å². The van der Waals surface area contributed by atoms with Gasteiger partial charge in [0.05, 0.1) is 16.3 Å². The molecule has 0 aliphatic carbocycles. The van der Waals surface area contributed by atoms with Crippen LogP contribution in [-0.2, 0) is 9.84 Å². The Bertz CT molecular complexity index is 763. The van der Waals surface area contributed by atoms with E-state index in [2.05, 4.69) is 20.2 Å². The Morgan fingerprint density at radius 2 is 1.73 bits per heavy atom. The predicted octanol–water partition coefficient (Wildman–Crippen LogP) is 2.18. The Balaban J connectivity index is 1.77. The van der Waals surface area contributed by atoms with Crippen LogP contribution in [0.1, 0.15) is 5.69 Å². The molecule has 0 radical (unpaired) electrons. The van der Waals surface area contributed by atoms with Crippen molar-refractivity contribution in [2.24, 2.45) is 0 Å². The molecule has 0 amide bonds. The number of thiazole rings is 1. The maximum atomic E-state index is 11.9.